The molecule has 0 radical (unpaired) electrons. The van der Waals surface area contributed by atoms with Crippen molar-refractivity contribution in [2.45, 2.75) is 18.6 Å². The van der Waals surface area contributed by atoms with E-state index in [2.05, 4.69) is 23.5 Å². The van der Waals surface area contributed by atoms with Gasteiger partial charge in [0.1, 0.15) is 17.7 Å². The second-order valence-electron chi connectivity index (χ2n) is 7.39. The second-order valence-corrected chi connectivity index (χ2v) is 7.39. The summed E-state index contributed by atoms with van der Waals surface area (Å²) in [5.41, 5.74) is 0.922. The Hall–Kier alpha value is -2.98. The van der Waals surface area contributed by atoms with E-state index in [1.807, 2.05) is 0 Å². The first-order chi connectivity index (χ1) is 15.2. The van der Waals surface area contributed by atoms with Crippen LogP contribution in [0.5, 0.6) is 0 Å². The Kier molecular flexibility index (Phi) is 7.47. The Morgan fingerprint density at radius 3 is 2.78 bits per heavy atom. The molecule has 1 amide bonds. The molecule has 7 nitrogen and oxygen atoms in total. The SMILES string of the molecule is C=Cc1occ(C(=N)C2C=NC(C(=O)N3CCCOCC3)=CC2NCC(F)(F)F)c1C=C. The molecule has 32 heavy (non-hydrogen) atoms. The van der Waals surface area contributed by atoms with E-state index in [1.165, 1.54) is 30.7 Å². The first-order valence-corrected chi connectivity index (χ1v) is 10.1. The van der Waals surface area contributed by atoms with E-state index < -0.39 is 24.7 Å². The Morgan fingerprint density at radius 2 is 2.09 bits per heavy atom. The molecule has 2 N–H and O–H groups in total. The summed E-state index contributed by atoms with van der Waals surface area (Å²) < 4.78 is 49.5. The quantitative estimate of drug-likeness (QED) is 0.624. The van der Waals surface area contributed by atoms with Gasteiger partial charge in [0, 0.05) is 43.1 Å². The summed E-state index contributed by atoms with van der Waals surface area (Å²) in [5, 5.41) is 11.0. The molecule has 0 bridgehead atoms. The third-order valence-electron chi connectivity index (χ3n) is 5.24. The van der Waals surface area contributed by atoms with Crippen molar-refractivity contribution in [3.05, 3.63) is 48.1 Å². The number of hydrogen-bond acceptors (Lipinski definition) is 6. The zero-order chi connectivity index (χ0) is 23.3. The largest absolute Gasteiger partial charge is 0.464 e. The maximum absolute atomic E-state index is 12.9. The number of aliphatic imine (C=N–C) groups is 1. The Morgan fingerprint density at radius 1 is 1.31 bits per heavy atom. The van der Waals surface area contributed by atoms with Crippen molar-refractivity contribution in [2.75, 3.05) is 32.8 Å². The first-order valence-electron chi connectivity index (χ1n) is 10.1. The summed E-state index contributed by atoms with van der Waals surface area (Å²) in [4.78, 5) is 18.7. The van der Waals surface area contributed by atoms with Gasteiger partial charge in [-0.3, -0.25) is 9.79 Å². The number of nitrogens with zero attached hydrogens (tertiary/aromatic N) is 2. The third-order valence-corrected chi connectivity index (χ3v) is 5.24. The summed E-state index contributed by atoms with van der Waals surface area (Å²) in [7, 11) is 0. The van der Waals surface area contributed by atoms with Gasteiger partial charge in [-0.2, -0.15) is 13.2 Å². The van der Waals surface area contributed by atoms with Crippen LogP contribution in [0.2, 0.25) is 0 Å². The number of carbonyl (C=O) groups is 1. The molecular weight excluding hydrogens is 425 g/mol. The zero-order valence-electron chi connectivity index (χ0n) is 17.5. The Balaban J connectivity index is 1.87. The van der Waals surface area contributed by atoms with Crippen molar-refractivity contribution < 1.29 is 27.1 Å². The highest BCUT2D eigenvalue weighted by Crippen LogP contribution is 2.26. The lowest BCUT2D eigenvalue weighted by molar-refractivity contribution is -0.127. The van der Waals surface area contributed by atoms with Gasteiger partial charge in [0.05, 0.1) is 24.8 Å². The molecule has 172 valence electrons. The average Bonchev–Trinajstić information content (AvgIpc) is 3.00. The van der Waals surface area contributed by atoms with Gasteiger partial charge in [0.2, 0.25) is 0 Å². The summed E-state index contributed by atoms with van der Waals surface area (Å²) in [5.74, 6) is -0.822. The number of carbonyl (C=O) groups excluding carboxylic acids is 1. The number of halogens is 3. The van der Waals surface area contributed by atoms with Gasteiger partial charge in [-0.15, -0.1) is 0 Å². The molecule has 1 aromatic rings. The fraction of sp³-hybridized carbons (Fsp3) is 0.409. The normalized spacial score (nSPS) is 21.6. The third kappa shape index (κ3) is 5.43. The van der Waals surface area contributed by atoms with Crippen LogP contribution >= 0.6 is 0 Å². The van der Waals surface area contributed by atoms with Gasteiger partial charge < -0.3 is 24.8 Å². The maximum atomic E-state index is 12.9. The van der Waals surface area contributed by atoms with Crippen molar-refractivity contribution in [1.29, 1.82) is 5.41 Å². The fourth-order valence-electron chi connectivity index (χ4n) is 3.62. The van der Waals surface area contributed by atoms with E-state index in [0.717, 1.165) is 0 Å². The number of alkyl halides is 3. The van der Waals surface area contributed by atoms with Crippen molar-refractivity contribution in [1.82, 2.24) is 10.2 Å². The smallest absolute Gasteiger partial charge is 0.401 e. The lowest BCUT2D eigenvalue weighted by Crippen LogP contribution is -2.46. The van der Waals surface area contributed by atoms with Crippen LogP contribution in [-0.2, 0) is 9.53 Å². The van der Waals surface area contributed by atoms with Crippen LogP contribution in [0.25, 0.3) is 12.2 Å². The van der Waals surface area contributed by atoms with E-state index in [0.29, 0.717) is 49.6 Å². The number of nitrogens with one attached hydrogen (secondary N) is 2. The maximum Gasteiger partial charge on any atom is 0.401 e. The minimum Gasteiger partial charge on any atom is -0.464 e. The number of furan rings is 1. The molecule has 2 aliphatic rings. The number of amides is 1. The van der Waals surface area contributed by atoms with E-state index in [1.54, 1.807) is 4.90 Å². The van der Waals surface area contributed by atoms with Crippen LogP contribution in [0.15, 0.2) is 40.6 Å². The highest BCUT2D eigenvalue weighted by molar-refractivity contribution is 6.12. The number of ether oxygens (including phenoxy) is 1. The van der Waals surface area contributed by atoms with Crippen LogP contribution in [-0.4, -0.2) is 67.8 Å². The zero-order valence-corrected chi connectivity index (χ0v) is 17.5. The molecule has 0 aromatic carbocycles. The van der Waals surface area contributed by atoms with Crippen LogP contribution in [0, 0.1) is 11.3 Å². The molecule has 10 heteroatoms. The van der Waals surface area contributed by atoms with Crippen molar-refractivity contribution in [3.63, 3.8) is 0 Å². The van der Waals surface area contributed by atoms with Gasteiger partial charge in [0.15, 0.2) is 0 Å². The second kappa shape index (κ2) is 10.1. The number of rotatable bonds is 7. The van der Waals surface area contributed by atoms with Crippen molar-refractivity contribution in [3.8, 4) is 0 Å². The van der Waals surface area contributed by atoms with Crippen molar-refractivity contribution >= 4 is 30.0 Å². The summed E-state index contributed by atoms with van der Waals surface area (Å²) in [6.07, 6.45) is 3.21. The molecule has 0 spiro atoms. The highest BCUT2D eigenvalue weighted by atomic mass is 19.4. The van der Waals surface area contributed by atoms with Gasteiger partial charge in [-0.25, -0.2) is 0 Å². The molecular formula is C22H25F3N4O3. The molecule has 0 saturated carbocycles. The topological polar surface area (TPSA) is 90.9 Å². The number of hydrogen-bond donors (Lipinski definition) is 2. The lowest BCUT2D eigenvalue weighted by Gasteiger charge is -2.28. The van der Waals surface area contributed by atoms with Crippen LogP contribution in [0.4, 0.5) is 13.2 Å². The molecule has 3 heterocycles. The molecule has 2 aliphatic heterocycles. The predicted molar refractivity (Wildman–Crippen MR) is 116 cm³/mol. The van der Waals surface area contributed by atoms with E-state index in [-0.39, 0.29) is 17.3 Å². The monoisotopic (exact) mass is 450 g/mol. The molecule has 2 unspecified atom stereocenters. The molecule has 1 fully saturated rings. The van der Waals surface area contributed by atoms with Crippen LogP contribution < -0.4 is 5.32 Å². The highest BCUT2D eigenvalue weighted by Gasteiger charge is 2.35. The Bertz CT molecular complexity index is 941. The average molecular weight is 450 g/mol. The van der Waals surface area contributed by atoms with Gasteiger partial charge in [-0.1, -0.05) is 19.2 Å². The van der Waals surface area contributed by atoms with E-state index in [4.69, 9.17) is 14.6 Å². The van der Waals surface area contributed by atoms with Gasteiger partial charge in [0.25, 0.3) is 5.91 Å². The first kappa shape index (κ1) is 23.7. The molecule has 1 aromatic heterocycles. The minimum absolute atomic E-state index is 0.00824. The molecule has 3 rings (SSSR count). The Labute approximate surface area is 183 Å². The summed E-state index contributed by atoms with van der Waals surface area (Å²) in [6.45, 7) is 7.87. The molecule has 2 atom stereocenters. The molecule has 1 saturated heterocycles. The molecule has 0 aliphatic carbocycles. The van der Waals surface area contributed by atoms with Crippen LogP contribution in [0.1, 0.15) is 23.3 Å². The fourth-order valence-corrected chi connectivity index (χ4v) is 3.62. The van der Waals surface area contributed by atoms with Crippen molar-refractivity contribution in [2.24, 2.45) is 10.9 Å². The van der Waals surface area contributed by atoms with Gasteiger partial charge in [-0.05, 0) is 18.6 Å². The lowest BCUT2D eigenvalue weighted by atomic mass is 9.87. The summed E-state index contributed by atoms with van der Waals surface area (Å²) >= 11 is 0. The minimum atomic E-state index is -4.46. The predicted octanol–water partition coefficient (Wildman–Crippen LogP) is 3.29. The van der Waals surface area contributed by atoms with E-state index in [9.17, 15) is 18.0 Å². The van der Waals surface area contributed by atoms with Gasteiger partial charge >= 0.3 is 6.18 Å². The summed E-state index contributed by atoms with van der Waals surface area (Å²) in [6, 6.07) is -0.969. The van der Waals surface area contributed by atoms with E-state index >= 15 is 0 Å². The van der Waals surface area contributed by atoms with Crippen LogP contribution in [0.3, 0.4) is 0 Å². The standard InChI is InChI=1S/C22H25F3N4O3/c1-3-14-16(12-32-19(14)4-2)20(26)15-11-27-18(10-17(15)28-13-22(23,24)25)21(30)29-6-5-8-31-9-7-29/h3-4,10-12,15,17,26,28H,1-2,5-9,13H2.